The van der Waals surface area contributed by atoms with Crippen LogP contribution in [-0.4, -0.2) is 35.3 Å². The number of carbonyl (C=O) groups is 2. The predicted octanol–water partition coefficient (Wildman–Crippen LogP) is 2.82. The molecule has 132 valence electrons. The highest BCUT2D eigenvalue weighted by molar-refractivity contribution is 5.79. The van der Waals surface area contributed by atoms with Gasteiger partial charge in [0.1, 0.15) is 5.75 Å². The van der Waals surface area contributed by atoms with Crippen LogP contribution in [0.2, 0.25) is 0 Å². The van der Waals surface area contributed by atoms with Gasteiger partial charge in [0.15, 0.2) is 6.10 Å². The van der Waals surface area contributed by atoms with Crippen LogP contribution in [0.3, 0.4) is 0 Å². The van der Waals surface area contributed by atoms with E-state index in [0.29, 0.717) is 5.56 Å². The minimum absolute atomic E-state index is 0.326. The van der Waals surface area contributed by atoms with Crippen LogP contribution in [0.15, 0.2) is 24.3 Å². The maximum Gasteiger partial charge on any atom is 0.573 e. The van der Waals surface area contributed by atoms with Crippen LogP contribution in [0.25, 0.3) is 0 Å². The number of hydrogen-bond donors (Lipinski definition) is 1. The van der Waals surface area contributed by atoms with Gasteiger partial charge in [0.2, 0.25) is 5.79 Å². The van der Waals surface area contributed by atoms with Crippen molar-refractivity contribution in [2.24, 2.45) is 0 Å². The van der Waals surface area contributed by atoms with E-state index in [0.717, 1.165) is 12.1 Å². The fourth-order valence-corrected chi connectivity index (χ4v) is 2.43. The maximum atomic E-state index is 12.2. The molecule has 1 N–H and O–H groups in total. The lowest BCUT2D eigenvalue weighted by Gasteiger charge is -2.21. The van der Waals surface area contributed by atoms with Gasteiger partial charge in [0.25, 0.3) is 0 Å². The quantitative estimate of drug-likeness (QED) is 0.824. The number of rotatable bonds is 5. The lowest BCUT2D eigenvalue weighted by molar-refractivity contribution is -0.274. The van der Waals surface area contributed by atoms with E-state index in [9.17, 15) is 22.8 Å². The van der Waals surface area contributed by atoms with Crippen molar-refractivity contribution in [3.8, 4) is 5.75 Å². The van der Waals surface area contributed by atoms with Gasteiger partial charge in [-0.1, -0.05) is 12.1 Å². The number of cyclic esters (lactones) is 1. The molecule has 9 heteroatoms. The molecule has 1 aliphatic heterocycles. The Morgan fingerprint density at radius 1 is 1.33 bits per heavy atom. The standard InChI is InChI=1S/C15H15F3O6/c1-14(2)23-12(13(21)24-14)10(7-11(19)20)8-3-5-9(6-4-8)22-15(16,17)18/h3-6,10,12H,7H2,1-2H3,(H,19,20)/t10?,12-/m0/s1. The first-order valence-corrected chi connectivity index (χ1v) is 6.95. The van der Waals surface area contributed by atoms with E-state index in [1.54, 1.807) is 0 Å². The average Bonchev–Trinajstić information content (AvgIpc) is 2.68. The molecular formula is C15H15F3O6. The summed E-state index contributed by atoms with van der Waals surface area (Å²) < 4.78 is 50.7. The Morgan fingerprint density at radius 3 is 2.33 bits per heavy atom. The summed E-state index contributed by atoms with van der Waals surface area (Å²) in [6.07, 6.45) is -6.44. The van der Waals surface area contributed by atoms with Gasteiger partial charge in [-0.3, -0.25) is 4.79 Å². The highest BCUT2D eigenvalue weighted by Crippen LogP contribution is 2.36. The normalized spacial score (nSPS) is 21.2. The Morgan fingerprint density at radius 2 is 1.92 bits per heavy atom. The second kappa shape index (κ2) is 6.31. The van der Waals surface area contributed by atoms with E-state index in [2.05, 4.69) is 4.74 Å². The number of esters is 1. The van der Waals surface area contributed by atoms with Gasteiger partial charge in [-0.05, 0) is 17.7 Å². The Labute approximate surface area is 135 Å². The van der Waals surface area contributed by atoms with Gasteiger partial charge < -0.3 is 19.3 Å². The highest BCUT2D eigenvalue weighted by atomic mass is 19.4. The second-order valence-electron chi connectivity index (χ2n) is 5.68. The van der Waals surface area contributed by atoms with Crippen LogP contribution < -0.4 is 4.74 Å². The lowest BCUT2D eigenvalue weighted by atomic mass is 9.90. The number of carboxylic acid groups (broad SMARTS) is 1. The van der Waals surface area contributed by atoms with E-state index < -0.39 is 48.3 Å². The molecule has 1 aromatic rings. The second-order valence-corrected chi connectivity index (χ2v) is 5.68. The molecule has 1 aromatic carbocycles. The Kier molecular flexibility index (Phi) is 4.75. The summed E-state index contributed by atoms with van der Waals surface area (Å²) in [5.74, 6) is -4.46. The Hall–Kier alpha value is -2.29. The molecule has 1 aliphatic rings. The minimum Gasteiger partial charge on any atom is -0.481 e. The molecule has 0 bridgehead atoms. The fourth-order valence-electron chi connectivity index (χ4n) is 2.43. The molecule has 0 radical (unpaired) electrons. The molecule has 2 atom stereocenters. The Bertz CT molecular complexity index is 623. The number of aliphatic carboxylic acids is 1. The van der Waals surface area contributed by atoms with Gasteiger partial charge in [0.05, 0.1) is 6.42 Å². The third-order valence-electron chi connectivity index (χ3n) is 3.29. The van der Waals surface area contributed by atoms with E-state index in [1.165, 1.54) is 26.0 Å². The van der Waals surface area contributed by atoms with Crippen LogP contribution in [-0.2, 0) is 19.1 Å². The topological polar surface area (TPSA) is 82.1 Å². The number of ether oxygens (including phenoxy) is 3. The maximum absolute atomic E-state index is 12.2. The summed E-state index contributed by atoms with van der Waals surface area (Å²) >= 11 is 0. The molecule has 1 heterocycles. The van der Waals surface area contributed by atoms with E-state index in [1.807, 2.05) is 0 Å². The molecule has 0 spiro atoms. The first-order chi connectivity index (χ1) is 11.0. The number of alkyl halides is 3. The monoisotopic (exact) mass is 348 g/mol. The summed E-state index contributed by atoms with van der Waals surface area (Å²) in [6.45, 7) is 3.01. The van der Waals surface area contributed by atoms with Crippen molar-refractivity contribution in [2.75, 3.05) is 0 Å². The zero-order valence-electron chi connectivity index (χ0n) is 12.8. The van der Waals surface area contributed by atoms with Crippen molar-refractivity contribution < 1.29 is 42.1 Å². The SMILES string of the molecule is CC1(C)OC(=O)[C@H](C(CC(=O)O)c2ccc(OC(F)(F)F)cc2)O1. The molecule has 1 saturated heterocycles. The summed E-state index contributed by atoms with van der Waals surface area (Å²) in [7, 11) is 0. The van der Waals surface area contributed by atoms with E-state index >= 15 is 0 Å². The molecule has 0 aliphatic carbocycles. The van der Waals surface area contributed by atoms with E-state index in [4.69, 9.17) is 14.6 Å². The van der Waals surface area contributed by atoms with Crippen molar-refractivity contribution in [3.05, 3.63) is 29.8 Å². The zero-order chi connectivity index (χ0) is 18.1. The molecule has 24 heavy (non-hydrogen) atoms. The van der Waals surface area contributed by atoms with Crippen molar-refractivity contribution in [3.63, 3.8) is 0 Å². The van der Waals surface area contributed by atoms with E-state index in [-0.39, 0.29) is 0 Å². The molecule has 2 rings (SSSR count). The van der Waals surface area contributed by atoms with Gasteiger partial charge in [-0.25, -0.2) is 4.79 Å². The lowest BCUT2D eigenvalue weighted by Crippen LogP contribution is -2.28. The number of benzene rings is 1. The van der Waals surface area contributed by atoms with Crippen LogP contribution in [0.1, 0.15) is 31.7 Å². The highest BCUT2D eigenvalue weighted by Gasteiger charge is 2.46. The molecule has 0 saturated carbocycles. The van der Waals surface area contributed by atoms with Crippen molar-refractivity contribution in [1.29, 1.82) is 0 Å². The van der Waals surface area contributed by atoms with Gasteiger partial charge in [0, 0.05) is 19.8 Å². The first-order valence-electron chi connectivity index (χ1n) is 6.95. The molecular weight excluding hydrogens is 333 g/mol. The summed E-state index contributed by atoms with van der Waals surface area (Å²) in [5, 5.41) is 9.05. The molecule has 1 unspecified atom stereocenters. The predicted molar refractivity (Wildman–Crippen MR) is 73.2 cm³/mol. The van der Waals surface area contributed by atoms with Crippen LogP contribution in [0.5, 0.6) is 5.75 Å². The first kappa shape index (κ1) is 18.1. The largest absolute Gasteiger partial charge is 0.573 e. The third-order valence-corrected chi connectivity index (χ3v) is 3.29. The van der Waals surface area contributed by atoms with Crippen LogP contribution >= 0.6 is 0 Å². The number of carboxylic acids is 1. The minimum atomic E-state index is -4.83. The number of halogens is 3. The van der Waals surface area contributed by atoms with Crippen LogP contribution in [0, 0.1) is 0 Å². The van der Waals surface area contributed by atoms with Crippen molar-refractivity contribution >= 4 is 11.9 Å². The van der Waals surface area contributed by atoms with Crippen molar-refractivity contribution in [1.82, 2.24) is 0 Å². The number of hydrogen-bond acceptors (Lipinski definition) is 5. The summed E-state index contributed by atoms with van der Waals surface area (Å²) in [6, 6.07) is 4.61. The molecule has 1 fully saturated rings. The van der Waals surface area contributed by atoms with Gasteiger partial charge in [-0.15, -0.1) is 13.2 Å². The molecule has 6 nitrogen and oxygen atoms in total. The fraction of sp³-hybridized carbons (Fsp3) is 0.467. The summed E-state index contributed by atoms with van der Waals surface area (Å²) in [4.78, 5) is 23.0. The smallest absolute Gasteiger partial charge is 0.481 e. The van der Waals surface area contributed by atoms with Gasteiger partial charge >= 0.3 is 18.3 Å². The summed E-state index contributed by atoms with van der Waals surface area (Å²) in [5.41, 5.74) is 0.326. The third kappa shape index (κ3) is 4.60. The van der Waals surface area contributed by atoms with Gasteiger partial charge in [-0.2, -0.15) is 0 Å². The van der Waals surface area contributed by atoms with Crippen molar-refractivity contribution in [2.45, 2.75) is 44.4 Å². The Balaban J connectivity index is 2.25. The average molecular weight is 348 g/mol. The zero-order valence-corrected chi connectivity index (χ0v) is 12.8. The number of carbonyl (C=O) groups excluding carboxylic acids is 1. The molecule has 0 aromatic heterocycles. The molecule has 0 amide bonds. The van der Waals surface area contributed by atoms with Crippen LogP contribution in [0.4, 0.5) is 13.2 Å².